The Morgan fingerprint density at radius 1 is 1.17 bits per heavy atom. The Hall–Kier alpha value is -1.84. The predicted octanol–water partition coefficient (Wildman–Crippen LogP) is 4.64. The minimum absolute atomic E-state index is 0.0117. The summed E-state index contributed by atoms with van der Waals surface area (Å²) in [6.07, 6.45) is 2.95. The molecule has 1 aliphatic rings. The van der Waals surface area contributed by atoms with E-state index in [-0.39, 0.29) is 5.91 Å². The number of nitrogens with one attached hydrogen (secondary N) is 1. The van der Waals surface area contributed by atoms with Crippen LogP contribution >= 0.6 is 11.6 Å². The van der Waals surface area contributed by atoms with Crippen LogP contribution in [0.1, 0.15) is 30.4 Å². The van der Waals surface area contributed by atoms with E-state index in [0.717, 1.165) is 13.1 Å². The molecule has 2 aromatic rings. The first-order valence-corrected chi connectivity index (χ1v) is 8.83. The number of rotatable bonds is 7. The van der Waals surface area contributed by atoms with Crippen LogP contribution in [0.25, 0.3) is 0 Å². The zero-order valence-corrected chi connectivity index (χ0v) is 14.7. The second kappa shape index (κ2) is 7.82. The summed E-state index contributed by atoms with van der Waals surface area (Å²) in [7, 11) is 0. The molecule has 24 heavy (non-hydrogen) atoms. The fourth-order valence-electron chi connectivity index (χ4n) is 2.78. The summed E-state index contributed by atoms with van der Waals surface area (Å²) in [6.45, 7) is 3.78. The molecule has 0 spiro atoms. The van der Waals surface area contributed by atoms with Gasteiger partial charge in [0.2, 0.25) is 5.91 Å². The molecule has 1 N–H and O–H groups in total. The van der Waals surface area contributed by atoms with Gasteiger partial charge in [0.25, 0.3) is 0 Å². The molecule has 0 radical (unpaired) electrons. The van der Waals surface area contributed by atoms with Gasteiger partial charge in [-0.1, -0.05) is 53.6 Å². The second-order valence-electron chi connectivity index (χ2n) is 6.47. The maximum atomic E-state index is 12.2. The normalized spacial score (nSPS) is 14.0. The highest BCUT2D eigenvalue weighted by Crippen LogP contribution is 2.28. The summed E-state index contributed by atoms with van der Waals surface area (Å²) in [5.41, 5.74) is 3.26. The molecule has 1 saturated carbocycles. The van der Waals surface area contributed by atoms with Crippen molar-refractivity contribution in [2.45, 2.75) is 38.8 Å². The third-order valence-electron chi connectivity index (χ3n) is 4.34. The van der Waals surface area contributed by atoms with Gasteiger partial charge in [-0.25, -0.2) is 0 Å². The molecule has 0 aromatic heterocycles. The Bertz CT molecular complexity index is 695. The average molecular weight is 343 g/mol. The van der Waals surface area contributed by atoms with Crippen LogP contribution in [0.2, 0.25) is 5.02 Å². The third-order valence-corrected chi connectivity index (χ3v) is 4.67. The van der Waals surface area contributed by atoms with Crippen LogP contribution in [0.4, 0.5) is 5.69 Å². The lowest BCUT2D eigenvalue weighted by molar-refractivity contribution is -0.116. The maximum absolute atomic E-state index is 12.2. The van der Waals surface area contributed by atoms with Crippen LogP contribution in [0.3, 0.4) is 0 Å². The van der Waals surface area contributed by atoms with Crippen molar-refractivity contribution in [1.29, 1.82) is 0 Å². The van der Waals surface area contributed by atoms with Crippen LogP contribution in [0, 0.1) is 6.92 Å². The molecule has 126 valence electrons. The number of hydrogen-bond donors (Lipinski definition) is 1. The van der Waals surface area contributed by atoms with E-state index in [1.165, 1.54) is 24.0 Å². The van der Waals surface area contributed by atoms with Crippen molar-refractivity contribution in [1.82, 2.24) is 4.90 Å². The van der Waals surface area contributed by atoms with E-state index in [0.29, 0.717) is 23.2 Å². The zero-order valence-electron chi connectivity index (χ0n) is 14.0. The summed E-state index contributed by atoms with van der Waals surface area (Å²) in [5.74, 6) is 0.0117. The van der Waals surface area contributed by atoms with Gasteiger partial charge in [0.1, 0.15) is 0 Å². The summed E-state index contributed by atoms with van der Waals surface area (Å²) < 4.78 is 0. The lowest BCUT2D eigenvalue weighted by Gasteiger charge is -2.22. The minimum atomic E-state index is 0.0117. The molecule has 1 fully saturated rings. The third kappa shape index (κ3) is 4.83. The van der Waals surface area contributed by atoms with Gasteiger partial charge in [-0.3, -0.25) is 9.69 Å². The molecule has 3 rings (SSSR count). The number of aryl methyl sites for hydroxylation is 1. The first-order valence-electron chi connectivity index (χ1n) is 8.46. The Labute approximate surface area is 148 Å². The minimum Gasteiger partial charge on any atom is -0.325 e. The van der Waals surface area contributed by atoms with Gasteiger partial charge in [-0.2, -0.15) is 0 Å². The number of carbonyl (C=O) groups is 1. The van der Waals surface area contributed by atoms with Gasteiger partial charge in [0.15, 0.2) is 0 Å². The van der Waals surface area contributed by atoms with Crippen LogP contribution in [0.5, 0.6) is 0 Å². The van der Waals surface area contributed by atoms with Crippen LogP contribution in [-0.2, 0) is 11.3 Å². The molecule has 3 nitrogen and oxygen atoms in total. The van der Waals surface area contributed by atoms with Crippen molar-refractivity contribution in [2.75, 3.05) is 11.9 Å². The van der Waals surface area contributed by atoms with Gasteiger partial charge in [-0.15, -0.1) is 0 Å². The fraction of sp³-hybridized carbons (Fsp3) is 0.350. The highest BCUT2D eigenvalue weighted by molar-refractivity contribution is 6.33. The first-order chi connectivity index (χ1) is 11.6. The lowest BCUT2D eigenvalue weighted by atomic mass is 10.1. The molecule has 0 unspecified atom stereocenters. The molecular formula is C20H23ClN2O. The van der Waals surface area contributed by atoms with E-state index in [1.807, 2.05) is 18.2 Å². The number of hydrogen-bond acceptors (Lipinski definition) is 2. The first kappa shape index (κ1) is 17.0. The summed E-state index contributed by atoms with van der Waals surface area (Å²) in [4.78, 5) is 14.6. The molecular weight excluding hydrogens is 320 g/mol. The molecule has 4 heteroatoms. The molecule has 0 bridgehead atoms. The molecule has 2 aromatic carbocycles. The molecule has 1 amide bonds. The van der Waals surface area contributed by atoms with E-state index >= 15 is 0 Å². The van der Waals surface area contributed by atoms with E-state index in [4.69, 9.17) is 11.6 Å². The van der Waals surface area contributed by atoms with Crippen LogP contribution in [-0.4, -0.2) is 23.4 Å². The van der Waals surface area contributed by atoms with Crippen LogP contribution in [0.15, 0.2) is 48.5 Å². The number of halogens is 1. The molecule has 0 saturated heterocycles. The Morgan fingerprint density at radius 2 is 1.88 bits per heavy atom. The highest BCUT2D eigenvalue weighted by atomic mass is 35.5. The van der Waals surface area contributed by atoms with Crippen molar-refractivity contribution in [2.24, 2.45) is 0 Å². The highest BCUT2D eigenvalue weighted by Gasteiger charge is 2.29. The van der Waals surface area contributed by atoms with Crippen LogP contribution < -0.4 is 5.32 Å². The van der Waals surface area contributed by atoms with Crippen molar-refractivity contribution < 1.29 is 4.79 Å². The monoisotopic (exact) mass is 342 g/mol. The molecule has 0 aliphatic heterocycles. The van der Waals surface area contributed by atoms with Gasteiger partial charge in [0, 0.05) is 25.6 Å². The van der Waals surface area contributed by atoms with E-state index in [9.17, 15) is 4.79 Å². The van der Waals surface area contributed by atoms with Crippen molar-refractivity contribution >= 4 is 23.2 Å². The zero-order chi connectivity index (χ0) is 16.9. The topological polar surface area (TPSA) is 32.3 Å². The van der Waals surface area contributed by atoms with Gasteiger partial charge >= 0.3 is 0 Å². The van der Waals surface area contributed by atoms with Gasteiger partial charge in [0.05, 0.1) is 10.7 Å². The summed E-state index contributed by atoms with van der Waals surface area (Å²) in [6, 6.07) is 16.6. The van der Waals surface area contributed by atoms with Gasteiger partial charge in [-0.05, 0) is 37.5 Å². The van der Waals surface area contributed by atoms with Crippen molar-refractivity contribution in [3.63, 3.8) is 0 Å². The predicted molar refractivity (Wildman–Crippen MR) is 99.3 cm³/mol. The van der Waals surface area contributed by atoms with E-state index < -0.39 is 0 Å². The molecule has 1 aliphatic carbocycles. The second-order valence-corrected chi connectivity index (χ2v) is 6.87. The van der Waals surface area contributed by atoms with Crippen molar-refractivity contribution in [3.8, 4) is 0 Å². The fourth-order valence-corrected chi connectivity index (χ4v) is 2.96. The summed E-state index contributed by atoms with van der Waals surface area (Å²) in [5, 5.41) is 3.47. The maximum Gasteiger partial charge on any atom is 0.225 e. The Balaban J connectivity index is 1.53. The number of nitrogens with zero attached hydrogens (tertiary/aromatic N) is 1. The number of anilines is 1. The SMILES string of the molecule is Cc1ccc(CN(CCC(=O)Nc2ccccc2Cl)C2CC2)cc1. The number of para-hydroxylation sites is 1. The summed E-state index contributed by atoms with van der Waals surface area (Å²) >= 11 is 6.09. The van der Waals surface area contributed by atoms with Crippen molar-refractivity contribution in [3.05, 3.63) is 64.7 Å². The largest absolute Gasteiger partial charge is 0.325 e. The Kier molecular flexibility index (Phi) is 5.54. The Morgan fingerprint density at radius 3 is 2.54 bits per heavy atom. The standard InChI is InChI=1S/C20H23ClN2O/c1-15-6-8-16(9-7-15)14-23(17-10-11-17)13-12-20(24)22-19-5-3-2-4-18(19)21/h2-9,17H,10-14H2,1H3,(H,22,24). The lowest BCUT2D eigenvalue weighted by Crippen LogP contribution is -2.29. The average Bonchev–Trinajstić information content (AvgIpc) is 3.40. The smallest absolute Gasteiger partial charge is 0.225 e. The number of carbonyl (C=O) groups excluding carboxylic acids is 1. The van der Waals surface area contributed by atoms with Gasteiger partial charge < -0.3 is 5.32 Å². The number of benzene rings is 2. The quantitative estimate of drug-likeness (QED) is 0.794. The van der Waals surface area contributed by atoms with E-state index in [1.54, 1.807) is 6.07 Å². The van der Waals surface area contributed by atoms with E-state index in [2.05, 4.69) is 41.4 Å². The molecule has 0 atom stereocenters. The number of amides is 1. The molecule has 0 heterocycles.